The zero-order valence-electron chi connectivity index (χ0n) is 14.7. The molecule has 3 heterocycles. The second kappa shape index (κ2) is 6.78. The highest BCUT2D eigenvalue weighted by Crippen LogP contribution is 2.35. The Morgan fingerprint density at radius 2 is 1.92 bits per heavy atom. The number of rotatable bonds is 2. The first kappa shape index (κ1) is 16.6. The van der Waals surface area contributed by atoms with Crippen LogP contribution in [-0.2, 0) is 9.59 Å². The van der Waals surface area contributed by atoms with Gasteiger partial charge in [-0.1, -0.05) is 25.7 Å². The van der Waals surface area contributed by atoms with Crippen molar-refractivity contribution in [3.63, 3.8) is 0 Å². The Kier molecular flexibility index (Phi) is 4.32. The molecule has 0 bridgehead atoms. The number of nitrogens with zero attached hydrogens (tertiary/aromatic N) is 3. The lowest BCUT2D eigenvalue weighted by Gasteiger charge is -2.16. The number of carbonyl (C=O) groups excluding carboxylic acids is 2. The van der Waals surface area contributed by atoms with Gasteiger partial charge in [0.25, 0.3) is 0 Å². The highest BCUT2D eigenvalue weighted by atomic mass is 16.2. The fourth-order valence-electron chi connectivity index (χ4n) is 3.76. The molecule has 0 spiro atoms. The molecular formula is C18H22N6O2. The Balaban J connectivity index is 1.85. The molecule has 3 aromatic rings. The van der Waals surface area contributed by atoms with E-state index in [2.05, 4.69) is 20.6 Å². The largest absolute Gasteiger partial charge is 0.351 e. The van der Waals surface area contributed by atoms with Crippen LogP contribution in [0.1, 0.15) is 44.6 Å². The van der Waals surface area contributed by atoms with E-state index in [0.29, 0.717) is 5.82 Å². The van der Waals surface area contributed by atoms with Gasteiger partial charge in [0.1, 0.15) is 5.65 Å². The van der Waals surface area contributed by atoms with Gasteiger partial charge >= 0.3 is 11.8 Å². The van der Waals surface area contributed by atoms with Crippen molar-refractivity contribution >= 4 is 39.6 Å². The molecule has 1 aliphatic rings. The van der Waals surface area contributed by atoms with Crippen LogP contribution in [0.4, 0.5) is 5.82 Å². The predicted molar refractivity (Wildman–Crippen MR) is 98.8 cm³/mol. The molecule has 0 unspecified atom stereocenters. The molecule has 1 fully saturated rings. The lowest BCUT2D eigenvalue weighted by molar-refractivity contribution is -0.135. The van der Waals surface area contributed by atoms with Crippen molar-refractivity contribution in [2.45, 2.75) is 44.6 Å². The third-order valence-corrected chi connectivity index (χ3v) is 5.09. The molecule has 2 amide bonds. The van der Waals surface area contributed by atoms with E-state index < -0.39 is 11.8 Å². The number of hydrogen-bond donors (Lipinski definition) is 3. The van der Waals surface area contributed by atoms with E-state index >= 15 is 0 Å². The zero-order chi connectivity index (χ0) is 18.1. The summed E-state index contributed by atoms with van der Waals surface area (Å²) in [7, 11) is 1.43. The van der Waals surface area contributed by atoms with Crippen LogP contribution in [0.15, 0.2) is 18.5 Å². The number of nitrogens with one attached hydrogen (secondary N) is 3. The number of H-pyrrole nitrogens is 1. The van der Waals surface area contributed by atoms with Gasteiger partial charge in [0.05, 0.1) is 16.9 Å². The molecule has 0 aliphatic heterocycles. The minimum atomic E-state index is -0.728. The number of fused-ring (bicyclic) bond motifs is 3. The van der Waals surface area contributed by atoms with Crippen LogP contribution in [0.3, 0.4) is 0 Å². The maximum atomic E-state index is 12.0. The molecular weight excluding hydrogens is 332 g/mol. The van der Waals surface area contributed by atoms with E-state index in [1.54, 1.807) is 6.20 Å². The van der Waals surface area contributed by atoms with Crippen LogP contribution in [0, 0.1) is 0 Å². The Hall–Kier alpha value is -2.90. The average Bonchev–Trinajstić information content (AvgIpc) is 3.17. The average molecular weight is 354 g/mol. The lowest BCUT2D eigenvalue weighted by Crippen LogP contribution is -2.32. The van der Waals surface area contributed by atoms with Crippen LogP contribution in [0.2, 0.25) is 0 Å². The molecule has 136 valence electrons. The number of likely N-dealkylation sites (N-methyl/N-ethyl adjacent to an activating group) is 1. The number of hydrogen-bond acceptors (Lipinski definition) is 4. The molecule has 1 aliphatic carbocycles. The molecule has 0 radical (unpaired) electrons. The topological polar surface area (TPSA) is 105 Å². The van der Waals surface area contributed by atoms with Crippen LogP contribution >= 0.6 is 0 Å². The minimum Gasteiger partial charge on any atom is -0.351 e. The number of amides is 2. The van der Waals surface area contributed by atoms with Crippen molar-refractivity contribution in [3.05, 3.63) is 18.5 Å². The van der Waals surface area contributed by atoms with E-state index in [4.69, 9.17) is 5.10 Å². The Morgan fingerprint density at radius 3 is 2.65 bits per heavy atom. The van der Waals surface area contributed by atoms with Crippen molar-refractivity contribution < 1.29 is 9.59 Å². The van der Waals surface area contributed by atoms with Crippen LogP contribution in [-0.4, -0.2) is 38.6 Å². The summed E-state index contributed by atoms with van der Waals surface area (Å²) in [4.78, 5) is 31.2. The molecule has 4 rings (SSSR count). The normalized spacial score (nSPS) is 15.9. The molecule has 1 saturated carbocycles. The van der Waals surface area contributed by atoms with Crippen molar-refractivity contribution in [3.8, 4) is 0 Å². The van der Waals surface area contributed by atoms with E-state index in [0.717, 1.165) is 34.8 Å². The maximum Gasteiger partial charge on any atom is 0.314 e. The summed E-state index contributed by atoms with van der Waals surface area (Å²) in [5.41, 5.74) is 1.74. The van der Waals surface area contributed by atoms with Crippen LogP contribution < -0.4 is 10.6 Å². The van der Waals surface area contributed by atoms with Gasteiger partial charge in [-0.15, -0.1) is 0 Å². The van der Waals surface area contributed by atoms with Crippen molar-refractivity contribution in [1.29, 1.82) is 0 Å². The van der Waals surface area contributed by atoms with E-state index in [1.807, 2.05) is 16.9 Å². The van der Waals surface area contributed by atoms with E-state index in [9.17, 15) is 9.59 Å². The quantitative estimate of drug-likeness (QED) is 0.486. The third kappa shape index (κ3) is 2.81. The van der Waals surface area contributed by atoms with Gasteiger partial charge in [-0.2, -0.15) is 5.10 Å². The monoisotopic (exact) mass is 354 g/mol. The van der Waals surface area contributed by atoms with Crippen LogP contribution in [0.25, 0.3) is 21.9 Å². The summed E-state index contributed by atoms with van der Waals surface area (Å²) in [5, 5.41) is 11.4. The number of aromatic amines is 1. The van der Waals surface area contributed by atoms with E-state index in [-0.39, 0.29) is 6.04 Å². The minimum absolute atomic E-state index is 0.283. The first-order valence-corrected chi connectivity index (χ1v) is 9.06. The van der Waals surface area contributed by atoms with Crippen molar-refractivity contribution in [2.24, 2.45) is 0 Å². The second-order valence-electron chi connectivity index (χ2n) is 6.73. The Labute approximate surface area is 150 Å². The summed E-state index contributed by atoms with van der Waals surface area (Å²) in [6, 6.07) is 2.26. The Bertz CT molecular complexity index is 965. The van der Waals surface area contributed by atoms with Gasteiger partial charge in [-0.3, -0.25) is 14.3 Å². The summed E-state index contributed by atoms with van der Waals surface area (Å²) >= 11 is 0. The summed E-state index contributed by atoms with van der Waals surface area (Å²) < 4.78 is 2.03. The lowest BCUT2D eigenvalue weighted by atomic mass is 10.1. The summed E-state index contributed by atoms with van der Waals surface area (Å²) in [5.74, 6) is -1.04. The summed E-state index contributed by atoms with van der Waals surface area (Å²) in [6.45, 7) is 0. The highest BCUT2D eigenvalue weighted by Gasteiger charge is 2.24. The number of pyridine rings is 1. The fourth-order valence-corrected chi connectivity index (χ4v) is 3.76. The van der Waals surface area contributed by atoms with Gasteiger partial charge in [0.2, 0.25) is 0 Å². The molecule has 8 heteroatoms. The van der Waals surface area contributed by atoms with E-state index in [1.165, 1.54) is 32.7 Å². The molecule has 3 N–H and O–H groups in total. The molecule has 0 aromatic carbocycles. The molecule has 0 saturated heterocycles. The van der Waals surface area contributed by atoms with Gasteiger partial charge in [-0.25, -0.2) is 4.98 Å². The zero-order valence-corrected chi connectivity index (χ0v) is 14.7. The van der Waals surface area contributed by atoms with Crippen molar-refractivity contribution in [2.75, 3.05) is 12.4 Å². The molecule has 3 aromatic heterocycles. The molecule has 0 atom stereocenters. The molecule has 8 nitrogen and oxygen atoms in total. The SMILES string of the molecule is CNC(=O)C(=O)Nc1nn(C2CCCCCC2)c2c1cnc1[nH]ccc12. The Morgan fingerprint density at radius 1 is 1.15 bits per heavy atom. The molecule has 26 heavy (non-hydrogen) atoms. The predicted octanol–water partition coefficient (Wildman–Crippen LogP) is 2.49. The first-order chi connectivity index (χ1) is 12.7. The fraction of sp³-hybridized carbons (Fsp3) is 0.444. The van der Waals surface area contributed by atoms with Gasteiger partial charge < -0.3 is 15.6 Å². The maximum absolute atomic E-state index is 12.0. The van der Waals surface area contributed by atoms with Gasteiger partial charge in [0.15, 0.2) is 5.82 Å². The summed E-state index contributed by atoms with van der Waals surface area (Å²) in [6.07, 6.45) is 10.5. The van der Waals surface area contributed by atoms with Crippen LogP contribution in [0.5, 0.6) is 0 Å². The van der Waals surface area contributed by atoms with Gasteiger partial charge in [-0.05, 0) is 18.9 Å². The first-order valence-electron chi connectivity index (χ1n) is 9.06. The van der Waals surface area contributed by atoms with Gasteiger partial charge in [0, 0.05) is 24.8 Å². The second-order valence-corrected chi connectivity index (χ2v) is 6.73. The standard InChI is InChI=1S/C18H22N6O2/c1-19-17(25)18(26)22-16-13-10-21-15-12(8-9-20-15)14(13)24(23-16)11-6-4-2-3-5-7-11/h8-11H,2-7H2,1H3,(H,19,25)(H,20,21)(H,22,23,26). The highest BCUT2D eigenvalue weighted by molar-refractivity contribution is 6.40. The number of anilines is 1. The number of carbonyl (C=O) groups is 2. The number of aromatic nitrogens is 4. The third-order valence-electron chi connectivity index (χ3n) is 5.09. The van der Waals surface area contributed by atoms with Crippen molar-refractivity contribution in [1.82, 2.24) is 25.1 Å². The smallest absolute Gasteiger partial charge is 0.314 e.